The Hall–Kier alpha value is -0.120. The Bertz CT molecular complexity index is 191. The molecule has 0 spiro atoms. The summed E-state index contributed by atoms with van der Waals surface area (Å²) in [5.74, 6) is 1.50. The third-order valence-electron chi connectivity index (χ3n) is 3.25. The summed E-state index contributed by atoms with van der Waals surface area (Å²) in [5.41, 5.74) is 0. The smallest absolute Gasteiger partial charge is 0.0700 e. The van der Waals surface area contributed by atoms with Crippen LogP contribution in [0.2, 0.25) is 0 Å². The zero-order valence-corrected chi connectivity index (χ0v) is 12.7. The lowest BCUT2D eigenvalue weighted by Gasteiger charge is -2.26. The molecule has 108 valence electrons. The van der Waals surface area contributed by atoms with Crippen molar-refractivity contribution in [3.63, 3.8) is 0 Å². The van der Waals surface area contributed by atoms with Crippen molar-refractivity contribution in [3.05, 3.63) is 0 Å². The molecule has 1 aliphatic heterocycles. The topological polar surface area (TPSA) is 24.5 Å². The maximum atomic E-state index is 5.61. The summed E-state index contributed by atoms with van der Waals surface area (Å²) in [6.07, 6.45) is 2.93. The van der Waals surface area contributed by atoms with E-state index in [1.54, 1.807) is 0 Å². The second-order valence-corrected chi connectivity index (χ2v) is 6.39. The molecule has 1 N–H and O–H groups in total. The Morgan fingerprint density at radius 3 is 2.33 bits per heavy atom. The average Bonchev–Trinajstić information content (AvgIpc) is 2.75. The Labute approximate surface area is 113 Å². The van der Waals surface area contributed by atoms with Crippen LogP contribution < -0.4 is 5.32 Å². The molecule has 1 atom stereocenters. The molecule has 1 saturated heterocycles. The van der Waals surface area contributed by atoms with Crippen molar-refractivity contribution in [2.45, 2.75) is 46.6 Å². The Balaban J connectivity index is 2.11. The lowest BCUT2D eigenvalue weighted by molar-refractivity contribution is 0.109. The maximum absolute atomic E-state index is 5.61. The molecule has 1 fully saturated rings. The van der Waals surface area contributed by atoms with Gasteiger partial charge in [-0.2, -0.15) is 0 Å². The Morgan fingerprint density at radius 1 is 1.17 bits per heavy atom. The molecule has 0 saturated carbocycles. The molecule has 1 heterocycles. The minimum Gasteiger partial charge on any atom is -0.377 e. The average molecular weight is 256 g/mol. The molecule has 0 bridgehead atoms. The Morgan fingerprint density at radius 2 is 1.83 bits per heavy atom. The molecular formula is C15H32N2O. The summed E-state index contributed by atoms with van der Waals surface area (Å²) < 4.78 is 5.61. The van der Waals surface area contributed by atoms with E-state index in [9.17, 15) is 0 Å². The lowest BCUT2D eigenvalue weighted by Crippen LogP contribution is -2.38. The quantitative estimate of drug-likeness (QED) is 0.641. The van der Waals surface area contributed by atoms with Crippen LogP contribution in [0.1, 0.15) is 40.5 Å². The molecular weight excluding hydrogens is 224 g/mol. The van der Waals surface area contributed by atoms with Crippen LogP contribution in [0.25, 0.3) is 0 Å². The largest absolute Gasteiger partial charge is 0.377 e. The van der Waals surface area contributed by atoms with Crippen LogP contribution >= 0.6 is 0 Å². The number of nitrogens with one attached hydrogen (secondary N) is 1. The van der Waals surface area contributed by atoms with Gasteiger partial charge in [-0.25, -0.2) is 0 Å². The predicted octanol–water partition coefficient (Wildman–Crippen LogP) is 2.37. The van der Waals surface area contributed by atoms with E-state index >= 15 is 0 Å². The summed E-state index contributed by atoms with van der Waals surface area (Å²) in [5, 5.41) is 3.54. The van der Waals surface area contributed by atoms with Crippen molar-refractivity contribution in [2.24, 2.45) is 11.8 Å². The van der Waals surface area contributed by atoms with Gasteiger partial charge in [0.05, 0.1) is 6.10 Å². The third-order valence-corrected chi connectivity index (χ3v) is 3.25. The summed E-state index contributed by atoms with van der Waals surface area (Å²) >= 11 is 0. The Kier molecular flexibility index (Phi) is 7.87. The number of hydrogen-bond donors (Lipinski definition) is 1. The number of ether oxygens (including phenoxy) is 1. The van der Waals surface area contributed by atoms with Crippen molar-refractivity contribution in [3.8, 4) is 0 Å². The van der Waals surface area contributed by atoms with Gasteiger partial charge in [0, 0.05) is 39.3 Å². The molecule has 3 nitrogen and oxygen atoms in total. The van der Waals surface area contributed by atoms with Crippen LogP contribution in [0.3, 0.4) is 0 Å². The van der Waals surface area contributed by atoms with Gasteiger partial charge in [0.25, 0.3) is 0 Å². The predicted molar refractivity (Wildman–Crippen MR) is 78.0 cm³/mol. The first-order valence-electron chi connectivity index (χ1n) is 7.62. The normalized spacial score (nSPS) is 20.5. The first-order chi connectivity index (χ1) is 8.58. The third kappa shape index (κ3) is 7.34. The van der Waals surface area contributed by atoms with E-state index in [-0.39, 0.29) is 0 Å². The number of nitrogens with zero attached hydrogens (tertiary/aromatic N) is 1. The van der Waals surface area contributed by atoms with Gasteiger partial charge in [0.1, 0.15) is 0 Å². The first-order valence-corrected chi connectivity index (χ1v) is 7.62. The minimum atomic E-state index is 0.466. The molecule has 0 aliphatic carbocycles. The highest BCUT2D eigenvalue weighted by atomic mass is 16.5. The fourth-order valence-corrected chi connectivity index (χ4v) is 2.60. The molecule has 1 rings (SSSR count). The van der Waals surface area contributed by atoms with Crippen molar-refractivity contribution in [1.82, 2.24) is 10.2 Å². The van der Waals surface area contributed by atoms with Crippen molar-refractivity contribution >= 4 is 0 Å². The van der Waals surface area contributed by atoms with Gasteiger partial charge in [0.15, 0.2) is 0 Å². The minimum absolute atomic E-state index is 0.466. The van der Waals surface area contributed by atoms with Crippen LogP contribution in [0.4, 0.5) is 0 Å². The van der Waals surface area contributed by atoms with E-state index in [1.165, 1.54) is 25.9 Å². The highest BCUT2D eigenvalue weighted by Gasteiger charge is 2.15. The van der Waals surface area contributed by atoms with Gasteiger partial charge in [-0.05, 0) is 24.7 Å². The van der Waals surface area contributed by atoms with E-state index in [0.717, 1.165) is 38.1 Å². The van der Waals surface area contributed by atoms with Crippen LogP contribution in [0, 0.1) is 11.8 Å². The van der Waals surface area contributed by atoms with Crippen LogP contribution in [0.5, 0.6) is 0 Å². The molecule has 18 heavy (non-hydrogen) atoms. The molecule has 0 aromatic rings. The molecule has 1 unspecified atom stereocenters. The molecule has 3 heteroatoms. The SMILES string of the molecule is CC(C)CN(CCNCC1CCCO1)CC(C)C. The standard InChI is InChI=1S/C15H32N2O/c1-13(2)11-17(12-14(3)4)8-7-16-10-15-6-5-9-18-15/h13-16H,5-12H2,1-4H3. The second-order valence-electron chi connectivity index (χ2n) is 6.39. The highest BCUT2D eigenvalue weighted by molar-refractivity contribution is 4.69. The van der Waals surface area contributed by atoms with E-state index in [1.807, 2.05) is 0 Å². The van der Waals surface area contributed by atoms with Crippen LogP contribution in [-0.4, -0.2) is 50.3 Å². The molecule has 0 aromatic heterocycles. The number of rotatable bonds is 9. The van der Waals surface area contributed by atoms with Gasteiger partial charge in [0.2, 0.25) is 0 Å². The van der Waals surface area contributed by atoms with Crippen LogP contribution in [0.15, 0.2) is 0 Å². The lowest BCUT2D eigenvalue weighted by atomic mass is 10.1. The van der Waals surface area contributed by atoms with Gasteiger partial charge in [-0.3, -0.25) is 0 Å². The van der Waals surface area contributed by atoms with Gasteiger partial charge >= 0.3 is 0 Å². The first kappa shape index (κ1) is 15.9. The van der Waals surface area contributed by atoms with E-state index in [4.69, 9.17) is 4.74 Å². The summed E-state index contributed by atoms with van der Waals surface area (Å²) in [7, 11) is 0. The van der Waals surface area contributed by atoms with Crippen molar-refractivity contribution < 1.29 is 4.74 Å². The monoisotopic (exact) mass is 256 g/mol. The summed E-state index contributed by atoms with van der Waals surface area (Å²) in [4.78, 5) is 2.58. The second kappa shape index (κ2) is 8.89. The zero-order chi connectivity index (χ0) is 13.4. The molecule has 0 amide bonds. The highest BCUT2D eigenvalue weighted by Crippen LogP contribution is 2.10. The van der Waals surface area contributed by atoms with E-state index < -0.39 is 0 Å². The van der Waals surface area contributed by atoms with Crippen molar-refractivity contribution in [2.75, 3.05) is 39.3 Å². The summed E-state index contributed by atoms with van der Waals surface area (Å²) in [6.45, 7) is 15.8. The van der Waals surface area contributed by atoms with Gasteiger partial charge in [-0.15, -0.1) is 0 Å². The van der Waals surface area contributed by atoms with Crippen LogP contribution in [-0.2, 0) is 4.74 Å². The fraction of sp³-hybridized carbons (Fsp3) is 1.00. The molecule has 0 radical (unpaired) electrons. The molecule has 1 aliphatic rings. The van der Waals surface area contributed by atoms with E-state index in [0.29, 0.717) is 6.10 Å². The fourth-order valence-electron chi connectivity index (χ4n) is 2.60. The molecule has 0 aromatic carbocycles. The van der Waals surface area contributed by atoms with E-state index in [2.05, 4.69) is 37.9 Å². The van der Waals surface area contributed by atoms with Crippen molar-refractivity contribution in [1.29, 1.82) is 0 Å². The zero-order valence-electron chi connectivity index (χ0n) is 12.7. The summed E-state index contributed by atoms with van der Waals surface area (Å²) in [6, 6.07) is 0. The van der Waals surface area contributed by atoms with Gasteiger partial charge in [-0.1, -0.05) is 27.7 Å². The maximum Gasteiger partial charge on any atom is 0.0700 e. The van der Waals surface area contributed by atoms with Gasteiger partial charge < -0.3 is 15.0 Å². The number of hydrogen-bond acceptors (Lipinski definition) is 3.